The highest BCUT2D eigenvalue weighted by Crippen LogP contribution is 2.22. The molecule has 1 amide bonds. The molecule has 0 radical (unpaired) electrons. The lowest BCUT2D eigenvalue weighted by Gasteiger charge is -2.24. The summed E-state index contributed by atoms with van der Waals surface area (Å²) in [7, 11) is 0. The van der Waals surface area contributed by atoms with Crippen LogP contribution >= 0.6 is 0 Å². The van der Waals surface area contributed by atoms with Crippen molar-refractivity contribution in [2.45, 2.75) is 32.9 Å². The summed E-state index contributed by atoms with van der Waals surface area (Å²) in [6.45, 7) is 3.29. The zero-order chi connectivity index (χ0) is 22.2. The van der Waals surface area contributed by atoms with Crippen LogP contribution in [0.3, 0.4) is 0 Å². The number of aromatic nitrogens is 1. The molecule has 0 aliphatic rings. The SMILES string of the molecule is Cc1ccccc1CN(Cc1cccc(-c2ccccc2)c1)C(=O)CCc1cccnc1. The minimum Gasteiger partial charge on any atom is -0.334 e. The first-order chi connectivity index (χ1) is 15.7. The summed E-state index contributed by atoms with van der Waals surface area (Å²) in [5.41, 5.74) is 6.96. The van der Waals surface area contributed by atoms with Gasteiger partial charge in [-0.05, 0) is 58.9 Å². The van der Waals surface area contributed by atoms with Crippen LogP contribution in [0.1, 0.15) is 28.7 Å². The van der Waals surface area contributed by atoms with Gasteiger partial charge in [0.15, 0.2) is 0 Å². The van der Waals surface area contributed by atoms with E-state index in [9.17, 15) is 4.79 Å². The molecule has 1 aromatic heterocycles. The van der Waals surface area contributed by atoms with E-state index in [-0.39, 0.29) is 5.91 Å². The van der Waals surface area contributed by atoms with Crippen LogP contribution in [0.5, 0.6) is 0 Å². The van der Waals surface area contributed by atoms with Crippen molar-refractivity contribution in [2.24, 2.45) is 0 Å². The van der Waals surface area contributed by atoms with Gasteiger partial charge in [0.05, 0.1) is 0 Å². The third-order valence-electron chi connectivity index (χ3n) is 5.73. The normalized spacial score (nSPS) is 10.7. The van der Waals surface area contributed by atoms with Crippen molar-refractivity contribution in [1.29, 1.82) is 0 Å². The average molecular weight is 421 g/mol. The summed E-state index contributed by atoms with van der Waals surface area (Å²) in [6.07, 6.45) is 4.76. The van der Waals surface area contributed by atoms with Crippen LogP contribution in [0.2, 0.25) is 0 Å². The number of rotatable bonds is 8. The molecule has 3 heteroatoms. The van der Waals surface area contributed by atoms with Gasteiger partial charge in [0, 0.05) is 31.9 Å². The highest BCUT2D eigenvalue weighted by atomic mass is 16.2. The van der Waals surface area contributed by atoms with Crippen LogP contribution in [0.4, 0.5) is 0 Å². The summed E-state index contributed by atoms with van der Waals surface area (Å²) in [5, 5.41) is 0. The van der Waals surface area contributed by atoms with Crippen molar-refractivity contribution in [3.05, 3.63) is 126 Å². The smallest absolute Gasteiger partial charge is 0.223 e. The molecular formula is C29H28N2O. The van der Waals surface area contributed by atoms with Crippen molar-refractivity contribution >= 4 is 5.91 Å². The first-order valence-electron chi connectivity index (χ1n) is 11.0. The maximum absolute atomic E-state index is 13.3. The van der Waals surface area contributed by atoms with Crippen molar-refractivity contribution in [2.75, 3.05) is 0 Å². The molecule has 3 aromatic carbocycles. The number of pyridine rings is 1. The van der Waals surface area contributed by atoms with Crippen LogP contribution in [0, 0.1) is 6.92 Å². The first-order valence-corrected chi connectivity index (χ1v) is 11.0. The molecule has 0 unspecified atom stereocenters. The minimum absolute atomic E-state index is 0.155. The second-order valence-corrected chi connectivity index (χ2v) is 8.10. The molecule has 160 valence electrons. The summed E-state index contributed by atoms with van der Waals surface area (Å²) < 4.78 is 0. The number of carbonyl (C=O) groups excluding carboxylic acids is 1. The molecular weight excluding hydrogens is 392 g/mol. The predicted molar refractivity (Wildman–Crippen MR) is 130 cm³/mol. The van der Waals surface area contributed by atoms with Gasteiger partial charge in [-0.15, -0.1) is 0 Å². The van der Waals surface area contributed by atoms with E-state index in [2.05, 4.69) is 72.6 Å². The number of nitrogens with zero attached hydrogens (tertiary/aromatic N) is 2. The topological polar surface area (TPSA) is 33.2 Å². The third kappa shape index (κ3) is 5.70. The minimum atomic E-state index is 0.155. The third-order valence-corrected chi connectivity index (χ3v) is 5.73. The molecule has 0 aliphatic carbocycles. The van der Waals surface area contributed by atoms with E-state index in [0.29, 0.717) is 25.9 Å². The van der Waals surface area contributed by atoms with E-state index in [4.69, 9.17) is 0 Å². The Labute approximate surface area is 190 Å². The number of carbonyl (C=O) groups is 1. The molecule has 32 heavy (non-hydrogen) atoms. The maximum Gasteiger partial charge on any atom is 0.223 e. The number of aryl methyl sites for hydroxylation is 2. The van der Waals surface area contributed by atoms with Gasteiger partial charge in [0.2, 0.25) is 5.91 Å². The van der Waals surface area contributed by atoms with Gasteiger partial charge in [-0.1, -0.05) is 78.9 Å². The molecule has 0 aliphatic heterocycles. The van der Waals surface area contributed by atoms with E-state index in [1.54, 1.807) is 6.20 Å². The summed E-state index contributed by atoms with van der Waals surface area (Å²) in [4.78, 5) is 19.4. The van der Waals surface area contributed by atoms with Crippen LogP contribution < -0.4 is 0 Å². The molecule has 3 nitrogen and oxygen atoms in total. The summed E-state index contributed by atoms with van der Waals surface area (Å²) in [6, 6.07) is 31.1. The van der Waals surface area contributed by atoms with Gasteiger partial charge < -0.3 is 4.90 Å². The van der Waals surface area contributed by atoms with Gasteiger partial charge in [-0.25, -0.2) is 0 Å². The van der Waals surface area contributed by atoms with Gasteiger partial charge in [0.1, 0.15) is 0 Å². The van der Waals surface area contributed by atoms with E-state index in [1.165, 1.54) is 22.3 Å². The second-order valence-electron chi connectivity index (χ2n) is 8.10. The first kappa shape index (κ1) is 21.5. The Bertz CT molecular complexity index is 1160. The largest absolute Gasteiger partial charge is 0.334 e. The van der Waals surface area contributed by atoms with Crippen LogP contribution in [-0.2, 0) is 24.3 Å². The van der Waals surface area contributed by atoms with Gasteiger partial charge in [0.25, 0.3) is 0 Å². The molecule has 0 saturated heterocycles. The monoisotopic (exact) mass is 420 g/mol. The molecule has 4 aromatic rings. The fraction of sp³-hybridized carbons (Fsp3) is 0.172. The van der Waals surface area contributed by atoms with E-state index >= 15 is 0 Å². The number of amides is 1. The Hall–Kier alpha value is -3.72. The average Bonchev–Trinajstić information content (AvgIpc) is 2.85. The van der Waals surface area contributed by atoms with Gasteiger partial charge in [-0.3, -0.25) is 9.78 Å². The zero-order valence-electron chi connectivity index (χ0n) is 18.4. The summed E-state index contributed by atoms with van der Waals surface area (Å²) >= 11 is 0. The number of hydrogen-bond donors (Lipinski definition) is 0. The number of hydrogen-bond acceptors (Lipinski definition) is 2. The second kappa shape index (κ2) is 10.5. The Kier molecular flexibility index (Phi) is 7.08. The van der Waals surface area contributed by atoms with Crippen molar-refractivity contribution in [3.63, 3.8) is 0 Å². The van der Waals surface area contributed by atoms with Crippen molar-refractivity contribution in [3.8, 4) is 11.1 Å². The fourth-order valence-electron chi connectivity index (χ4n) is 3.88. The molecule has 0 N–H and O–H groups in total. The Morgan fingerprint density at radius 3 is 2.31 bits per heavy atom. The Morgan fingerprint density at radius 2 is 1.53 bits per heavy atom. The predicted octanol–water partition coefficient (Wildman–Crippen LogP) is 6.22. The molecule has 0 fully saturated rings. The number of benzene rings is 3. The van der Waals surface area contributed by atoms with E-state index in [0.717, 1.165) is 11.1 Å². The lowest BCUT2D eigenvalue weighted by atomic mass is 10.0. The lowest BCUT2D eigenvalue weighted by Crippen LogP contribution is -2.30. The lowest BCUT2D eigenvalue weighted by molar-refractivity contribution is -0.132. The van der Waals surface area contributed by atoms with E-state index < -0.39 is 0 Å². The van der Waals surface area contributed by atoms with Crippen LogP contribution in [0.15, 0.2) is 103 Å². The Morgan fingerprint density at radius 1 is 0.781 bits per heavy atom. The highest BCUT2D eigenvalue weighted by Gasteiger charge is 2.16. The zero-order valence-corrected chi connectivity index (χ0v) is 18.4. The molecule has 4 rings (SSSR count). The maximum atomic E-state index is 13.3. The van der Waals surface area contributed by atoms with E-state index in [1.807, 2.05) is 41.4 Å². The van der Waals surface area contributed by atoms with Crippen LogP contribution in [0.25, 0.3) is 11.1 Å². The van der Waals surface area contributed by atoms with Gasteiger partial charge >= 0.3 is 0 Å². The van der Waals surface area contributed by atoms with Crippen molar-refractivity contribution in [1.82, 2.24) is 9.88 Å². The van der Waals surface area contributed by atoms with Crippen LogP contribution in [-0.4, -0.2) is 15.8 Å². The molecule has 0 spiro atoms. The molecule has 0 saturated carbocycles. The standard InChI is InChI=1S/C29H28N2O/c1-23-9-5-6-14-28(23)22-31(29(32)17-16-24-11-8-18-30-20-24)21-25-10-7-15-27(19-25)26-12-3-2-4-13-26/h2-15,18-20H,16-17,21-22H2,1H3. The molecule has 0 bridgehead atoms. The van der Waals surface area contributed by atoms with Crippen molar-refractivity contribution < 1.29 is 4.79 Å². The fourth-order valence-corrected chi connectivity index (χ4v) is 3.88. The Balaban J connectivity index is 1.55. The summed E-state index contributed by atoms with van der Waals surface area (Å²) in [5.74, 6) is 0.155. The highest BCUT2D eigenvalue weighted by molar-refractivity contribution is 5.76. The molecule has 1 heterocycles. The quantitative estimate of drug-likeness (QED) is 0.339. The van der Waals surface area contributed by atoms with Gasteiger partial charge in [-0.2, -0.15) is 0 Å². The molecule has 0 atom stereocenters.